The number of rotatable bonds is 4. The van der Waals surface area contributed by atoms with E-state index in [1.165, 1.54) is 0 Å². The molecule has 0 atom stereocenters. The van der Waals surface area contributed by atoms with Gasteiger partial charge in [0.05, 0.1) is 16.7 Å². The van der Waals surface area contributed by atoms with Gasteiger partial charge in [-0.2, -0.15) is 0 Å². The fraction of sp³-hybridized carbons (Fsp3) is 0.250. The third-order valence-corrected chi connectivity index (χ3v) is 9.59. The van der Waals surface area contributed by atoms with E-state index < -0.39 is 0 Å². The summed E-state index contributed by atoms with van der Waals surface area (Å²) in [6.07, 6.45) is 7.75. The second-order valence-corrected chi connectivity index (χ2v) is 12.3. The predicted octanol–water partition coefficient (Wildman–Crippen LogP) is 6.10. The monoisotopic (exact) mass is 595 g/mol. The molecule has 6 heterocycles. The van der Waals surface area contributed by atoms with Crippen LogP contribution >= 0.6 is 0 Å². The number of imidazole rings is 2. The van der Waals surface area contributed by atoms with Crippen LogP contribution in [0.2, 0.25) is 0 Å². The zero-order valence-corrected chi connectivity index (χ0v) is 24.9. The first-order valence-corrected chi connectivity index (χ1v) is 15.6. The Morgan fingerprint density at radius 2 is 1.42 bits per heavy atom. The van der Waals surface area contributed by atoms with Gasteiger partial charge >= 0.3 is 0 Å². The Bertz CT molecular complexity index is 1830. The minimum atomic E-state index is -0.0408. The van der Waals surface area contributed by atoms with Gasteiger partial charge in [-0.05, 0) is 79.6 Å². The zero-order valence-electron chi connectivity index (χ0n) is 24.9. The molecule has 6 aromatic rings. The van der Waals surface area contributed by atoms with E-state index in [1.807, 2.05) is 105 Å². The molecule has 0 radical (unpaired) electrons. The number of carbonyl (C=O) groups is 2. The minimum Gasteiger partial charge on any atom is -0.339 e. The van der Waals surface area contributed by atoms with Crippen molar-refractivity contribution in [2.24, 2.45) is 5.41 Å². The Morgan fingerprint density at radius 3 is 2.20 bits per heavy atom. The van der Waals surface area contributed by atoms with Gasteiger partial charge < -0.3 is 19.2 Å². The number of pyridine rings is 2. The van der Waals surface area contributed by atoms with Crippen LogP contribution in [0.1, 0.15) is 46.5 Å². The number of H-pyrrole nitrogens is 1. The van der Waals surface area contributed by atoms with E-state index in [4.69, 9.17) is 4.98 Å². The third-order valence-electron chi connectivity index (χ3n) is 9.59. The van der Waals surface area contributed by atoms with Gasteiger partial charge in [0.1, 0.15) is 17.0 Å². The predicted molar refractivity (Wildman–Crippen MR) is 173 cm³/mol. The molecule has 45 heavy (non-hydrogen) atoms. The Labute approximate surface area is 260 Å². The van der Waals surface area contributed by atoms with Crippen LogP contribution in [0, 0.1) is 5.41 Å². The first kappa shape index (κ1) is 27.3. The molecule has 9 heteroatoms. The summed E-state index contributed by atoms with van der Waals surface area (Å²) in [5.41, 5.74) is 6.44. The van der Waals surface area contributed by atoms with Crippen LogP contribution in [-0.2, 0) is 0 Å². The van der Waals surface area contributed by atoms with Crippen molar-refractivity contribution in [1.29, 1.82) is 0 Å². The van der Waals surface area contributed by atoms with Crippen molar-refractivity contribution in [2.75, 3.05) is 26.2 Å². The highest BCUT2D eigenvalue weighted by atomic mass is 16.2. The quantitative estimate of drug-likeness (QED) is 0.266. The van der Waals surface area contributed by atoms with Crippen molar-refractivity contribution in [3.8, 4) is 22.8 Å². The average molecular weight is 596 g/mol. The van der Waals surface area contributed by atoms with E-state index in [1.54, 1.807) is 6.07 Å². The summed E-state index contributed by atoms with van der Waals surface area (Å²) in [5, 5.41) is 0. The van der Waals surface area contributed by atoms with Gasteiger partial charge in [-0.3, -0.25) is 9.59 Å². The summed E-state index contributed by atoms with van der Waals surface area (Å²) >= 11 is 0. The standard InChI is InChI=1S/C36H33N7O2/c44-34(26-8-5-7-25(23-26)31-24-43-18-4-3-13-32(43)38-31)41-19-14-36(15-20-41)16-21-42(22-17-36)35(45)30-12-6-11-29(37-30)33-39-27-9-1-2-10-28(27)40-33/h1-13,18,23-24H,14-17,19-22H2,(H,39,40). The van der Waals surface area contributed by atoms with E-state index >= 15 is 0 Å². The van der Waals surface area contributed by atoms with Crippen molar-refractivity contribution < 1.29 is 9.59 Å². The van der Waals surface area contributed by atoms with Gasteiger partial charge in [-0.1, -0.05) is 36.4 Å². The molecule has 1 spiro atoms. The topological polar surface area (TPSA) is 99.5 Å². The molecule has 1 N–H and O–H groups in total. The molecule has 9 nitrogen and oxygen atoms in total. The van der Waals surface area contributed by atoms with E-state index in [2.05, 4.69) is 15.0 Å². The second-order valence-electron chi connectivity index (χ2n) is 12.3. The fourth-order valence-electron chi connectivity index (χ4n) is 6.86. The van der Waals surface area contributed by atoms with Crippen molar-refractivity contribution in [1.82, 2.24) is 34.1 Å². The van der Waals surface area contributed by atoms with Gasteiger partial charge in [-0.25, -0.2) is 15.0 Å². The molecular weight excluding hydrogens is 562 g/mol. The number of likely N-dealkylation sites (tertiary alicyclic amines) is 2. The maximum absolute atomic E-state index is 13.5. The number of nitrogens with zero attached hydrogens (tertiary/aromatic N) is 6. The maximum atomic E-state index is 13.5. The molecule has 8 rings (SSSR count). The molecule has 224 valence electrons. The molecule has 2 aromatic carbocycles. The van der Waals surface area contributed by atoms with Crippen LogP contribution in [0.3, 0.4) is 0 Å². The van der Waals surface area contributed by atoms with Crippen LogP contribution in [0.25, 0.3) is 39.5 Å². The number of para-hydroxylation sites is 2. The van der Waals surface area contributed by atoms with Crippen molar-refractivity contribution >= 4 is 28.5 Å². The molecule has 0 bridgehead atoms. The highest BCUT2D eigenvalue weighted by Gasteiger charge is 2.40. The number of piperidine rings is 2. The number of amides is 2. The van der Waals surface area contributed by atoms with Gasteiger partial charge in [0.25, 0.3) is 11.8 Å². The Morgan fingerprint density at radius 1 is 0.689 bits per heavy atom. The lowest BCUT2D eigenvalue weighted by Gasteiger charge is -2.46. The highest BCUT2D eigenvalue weighted by molar-refractivity contribution is 5.95. The normalized spacial score (nSPS) is 16.4. The van der Waals surface area contributed by atoms with Crippen LogP contribution in [0.15, 0.2) is 97.3 Å². The van der Waals surface area contributed by atoms with E-state index in [9.17, 15) is 9.59 Å². The number of aromatic nitrogens is 5. The summed E-state index contributed by atoms with van der Waals surface area (Å²) in [6.45, 7) is 2.85. The zero-order chi connectivity index (χ0) is 30.4. The van der Waals surface area contributed by atoms with Gasteiger partial charge in [0, 0.05) is 49.7 Å². The number of fused-ring (bicyclic) bond motifs is 2. The van der Waals surface area contributed by atoms with Crippen molar-refractivity contribution in [3.05, 3.63) is 109 Å². The van der Waals surface area contributed by atoms with E-state index in [-0.39, 0.29) is 17.2 Å². The van der Waals surface area contributed by atoms with Crippen LogP contribution in [0.5, 0.6) is 0 Å². The minimum absolute atomic E-state index is 0.0408. The first-order chi connectivity index (χ1) is 22.0. The second kappa shape index (κ2) is 11.0. The lowest BCUT2D eigenvalue weighted by molar-refractivity contribution is 0.0278. The molecular formula is C36H33N7O2. The number of carbonyl (C=O) groups excluding carboxylic acids is 2. The molecule has 0 aliphatic carbocycles. The Kier molecular flexibility index (Phi) is 6.66. The molecule has 0 saturated carbocycles. The number of benzene rings is 2. The number of hydrogen-bond acceptors (Lipinski definition) is 5. The summed E-state index contributed by atoms with van der Waals surface area (Å²) in [7, 11) is 0. The Hall–Kier alpha value is -5.31. The highest BCUT2D eigenvalue weighted by Crippen LogP contribution is 2.42. The van der Waals surface area contributed by atoms with E-state index in [0.29, 0.717) is 35.9 Å². The van der Waals surface area contributed by atoms with Gasteiger partial charge in [-0.15, -0.1) is 0 Å². The maximum Gasteiger partial charge on any atom is 0.272 e. The average Bonchev–Trinajstić information content (AvgIpc) is 3.74. The number of hydrogen-bond donors (Lipinski definition) is 1. The SMILES string of the molecule is O=C(c1cccc(-c2cn3ccccc3n2)c1)N1CCC2(CC1)CCN(C(=O)c1cccc(-c3nc4ccccc4[nH]3)n1)CC2. The van der Waals surface area contributed by atoms with E-state index in [0.717, 1.165) is 66.7 Å². The van der Waals surface area contributed by atoms with Crippen molar-refractivity contribution in [2.45, 2.75) is 25.7 Å². The lowest BCUT2D eigenvalue weighted by Crippen LogP contribution is -2.49. The lowest BCUT2D eigenvalue weighted by atomic mass is 9.71. The van der Waals surface area contributed by atoms with Crippen LogP contribution in [0.4, 0.5) is 0 Å². The molecule has 2 fully saturated rings. The van der Waals surface area contributed by atoms with Gasteiger partial charge in [0.2, 0.25) is 0 Å². The van der Waals surface area contributed by atoms with Gasteiger partial charge in [0.15, 0.2) is 5.82 Å². The Balaban J connectivity index is 0.894. The summed E-state index contributed by atoms with van der Waals surface area (Å²) in [6, 6.07) is 27.1. The number of nitrogens with one attached hydrogen (secondary N) is 1. The fourth-order valence-corrected chi connectivity index (χ4v) is 6.86. The number of aromatic amines is 1. The summed E-state index contributed by atoms with van der Waals surface area (Å²) in [4.78, 5) is 48.3. The summed E-state index contributed by atoms with van der Waals surface area (Å²) < 4.78 is 1.99. The largest absolute Gasteiger partial charge is 0.339 e. The molecule has 2 aliphatic rings. The van der Waals surface area contributed by atoms with Crippen LogP contribution in [-0.4, -0.2) is 72.1 Å². The third kappa shape index (κ3) is 5.14. The molecule has 2 saturated heterocycles. The molecule has 0 unspecified atom stereocenters. The van der Waals surface area contributed by atoms with Crippen molar-refractivity contribution in [3.63, 3.8) is 0 Å². The molecule has 2 aliphatic heterocycles. The molecule has 2 amide bonds. The smallest absolute Gasteiger partial charge is 0.272 e. The summed E-state index contributed by atoms with van der Waals surface area (Å²) in [5.74, 6) is 0.686. The first-order valence-electron chi connectivity index (χ1n) is 15.6. The molecule has 4 aromatic heterocycles. The van der Waals surface area contributed by atoms with Crippen LogP contribution < -0.4 is 0 Å².